The Morgan fingerprint density at radius 1 is 1.12 bits per heavy atom. The molecule has 0 aliphatic rings. The molecule has 1 N–H and O–H groups in total. The number of rotatable bonds is 8. The van der Waals surface area contributed by atoms with Crippen molar-refractivity contribution in [2.24, 2.45) is 0 Å². The van der Waals surface area contributed by atoms with Gasteiger partial charge < -0.3 is 10.1 Å². The first-order valence-electron chi connectivity index (χ1n) is 8.05. The fourth-order valence-electron chi connectivity index (χ4n) is 2.19. The number of halogens is 1. The monoisotopic (exact) mass is 396 g/mol. The number of nitrogens with one attached hydrogen (secondary N) is 1. The standard InChI is InChI=1S/C18H21ClN2O4S/c1-3-12-25-17-10-8-16(9-11-17)21(26(2,23)24)13-18(22)20-15-6-4-14(19)5-7-15/h4-11H,3,12-13H2,1-2H3,(H,20,22). The molecule has 0 radical (unpaired) electrons. The van der Waals surface area contributed by atoms with Crippen LogP contribution in [0.5, 0.6) is 5.75 Å². The molecule has 2 aromatic carbocycles. The van der Waals surface area contributed by atoms with E-state index in [1.165, 1.54) is 0 Å². The average molecular weight is 397 g/mol. The third-order valence-corrected chi connectivity index (χ3v) is 4.81. The lowest BCUT2D eigenvalue weighted by molar-refractivity contribution is -0.114. The van der Waals surface area contributed by atoms with Crippen LogP contribution < -0.4 is 14.4 Å². The number of benzene rings is 2. The van der Waals surface area contributed by atoms with Crippen molar-refractivity contribution in [2.75, 3.05) is 29.0 Å². The van der Waals surface area contributed by atoms with Crippen LogP contribution in [0.2, 0.25) is 5.02 Å². The van der Waals surface area contributed by atoms with Gasteiger partial charge in [-0.1, -0.05) is 18.5 Å². The Bertz CT molecular complexity index is 836. The lowest BCUT2D eigenvalue weighted by Crippen LogP contribution is -2.37. The molecular weight excluding hydrogens is 376 g/mol. The summed E-state index contributed by atoms with van der Waals surface area (Å²) in [5.74, 6) is 0.193. The Morgan fingerprint density at radius 2 is 1.73 bits per heavy atom. The Hall–Kier alpha value is -2.25. The van der Waals surface area contributed by atoms with Crippen molar-refractivity contribution in [3.05, 3.63) is 53.6 Å². The molecule has 140 valence electrons. The van der Waals surface area contributed by atoms with Crippen molar-refractivity contribution in [2.45, 2.75) is 13.3 Å². The molecule has 2 aromatic rings. The predicted octanol–water partition coefficient (Wildman–Crippen LogP) is 3.53. The molecule has 0 aliphatic heterocycles. The third-order valence-electron chi connectivity index (χ3n) is 3.41. The maximum absolute atomic E-state index is 12.3. The summed E-state index contributed by atoms with van der Waals surface area (Å²) in [5.41, 5.74) is 0.929. The SMILES string of the molecule is CCCOc1ccc(N(CC(=O)Nc2ccc(Cl)cc2)S(C)(=O)=O)cc1. The van der Waals surface area contributed by atoms with Crippen LogP contribution in [-0.4, -0.2) is 33.7 Å². The second-order valence-electron chi connectivity index (χ2n) is 5.67. The highest BCUT2D eigenvalue weighted by atomic mass is 35.5. The number of carbonyl (C=O) groups is 1. The van der Waals surface area contributed by atoms with Crippen molar-refractivity contribution in [1.82, 2.24) is 0 Å². The molecule has 0 saturated carbocycles. The van der Waals surface area contributed by atoms with Gasteiger partial charge in [0.25, 0.3) is 0 Å². The molecule has 0 aromatic heterocycles. The molecule has 0 aliphatic carbocycles. The highest BCUT2D eigenvalue weighted by Gasteiger charge is 2.21. The minimum Gasteiger partial charge on any atom is -0.494 e. The van der Waals surface area contributed by atoms with Gasteiger partial charge in [0.15, 0.2) is 0 Å². The number of carbonyl (C=O) groups excluding carboxylic acids is 1. The number of nitrogens with zero attached hydrogens (tertiary/aromatic N) is 1. The predicted molar refractivity (Wildman–Crippen MR) is 104 cm³/mol. The van der Waals surface area contributed by atoms with Crippen LogP contribution in [0.4, 0.5) is 11.4 Å². The van der Waals surface area contributed by atoms with Crippen molar-refractivity contribution in [3.63, 3.8) is 0 Å². The van der Waals surface area contributed by atoms with Crippen LogP contribution >= 0.6 is 11.6 Å². The van der Waals surface area contributed by atoms with E-state index < -0.39 is 15.9 Å². The number of hydrogen-bond acceptors (Lipinski definition) is 4. The Kier molecular flexibility index (Phi) is 6.88. The molecule has 0 fully saturated rings. The summed E-state index contributed by atoms with van der Waals surface area (Å²) < 4.78 is 30.8. The molecule has 0 saturated heterocycles. The maximum atomic E-state index is 12.3. The zero-order chi connectivity index (χ0) is 19.2. The van der Waals surface area contributed by atoms with Crippen LogP contribution in [0, 0.1) is 0 Å². The maximum Gasteiger partial charge on any atom is 0.245 e. The molecule has 0 heterocycles. The first-order valence-corrected chi connectivity index (χ1v) is 10.3. The molecule has 0 atom stereocenters. The molecule has 8 heteroatoms. The number of amides is 1. The van der Waals surface area contributed by atoms with Crippen molar-refractivity contribution in [3.8, 4) is 5.75 Å². The number of ether oxygens (including phenoxy) is 1. The van der Waals surface area contributed by atoms with Crippen LogP contribution in [-0.2, 0) is 14.8 Å². The lowest BCUT2D eigenvalue weighted by atomic mass is 10.3. The first kappa shape index (κ1) is 20.1. The van der Waals surface area contributed by atoms with Crippen molar-refractivity contribution >= 4 is 38.9 Å². The lowest BCUT2D eigenvalue weighted by Gasteiger charge is -2.22. The summed E-state index contributed by atoms with van der Waals surface area (Å²) in [6.45, 7) is 2.24. The van der Waals surface area contributed by atoms with Crippen LogP contribution in [0.3, 0.4) is 0 Å². The van der Waals surface area contributed by atoms with E-state index in [4.69, 9.17) is 16.3 Å². The van der Waals surface area contributed by atoms with Crippen molar-refractivity contribution in [1.29, 1.82) is 0 Å². The second-order valence-corrected chi connectivity index (χ2v) is 8.01. The van der Waals surface area contributed by atoms with Gasteiger partial charge in [-0.05, 0) is 55.0 Å². The van der Waals surface area contributed by atoms with E-state index in [0.717, 1.165) is 17.0 Å². The zero-order valence-electron chi connectivity index (χ0n) is 14.6. The van der Waals surface area contributed by atoms with E-state index in [1.54, 1.807) is 48.5 Å². The van der Waals surface area contributed by atoms with E-state index in [1.807, 2.05) is 6.92 Å². The van der Waals surface area contributed by atoms with Gasteiger partial charge in [0, 0.05) is 10.7 Å². The fraction of sp³-hybridized carbons (Fsp3) is 0.278. The van der Waals surface area contributed by atoms with E-state index in [9.17, 15) is 13.2 Å². The van der Waals surface area contributed by atoms with Gasteiger partial charge in [-0.15, -0.1) is 0 Å². The summed E-state index contributed by atoms with van der Waals surface area (Å²) in [7, 11) is -3.63. The largest absolute Gasteiger partial charge is 0.494 e. The summed E-state index contributed by atoms with van der Waals surface area (Å²) in [6, 6.07) is 13.2. The van der Waals surface area contributed by atoms with Crippen molar-refractivity contribution < 1.29 is 17.9 Å². The Morgan fingerprint density at radius 3 is 2.27 bits per heavy atom. The molecule has 0 bridgehead atoms. The molecule has 0 spiro atoms. The van der Waals surface area contributed by atoms with Gasteiger partial charge in [0.2, 0.25) is 15.9 Å². The van der Waals surface area contributed by atoms with Gasteiger partial charge in [-0.2, -0.15) is 0 Å². The topological polar surface area (TPSA) is 75.7 Å². The Balaban J connectivity index is 2.12. The van der Waals surface area contributed by atoms with E-state index >= 15 is 0 Å². The van der Waals surface area contributed by atoms with Gasteiger partial charge in [0.05, 0.1) is 18.6 Å². The summed E-state index contributed by atoms with van der Waals surface area (Å²) in [5, 5.41) is 3.20. The van der Waals surface area contributed by atoms with Crippen LogP contribution in [0.25, 0.3) is 0 Å². The average Bonchev–Trinajstić information content (AvgIpc) is 2.59. The minimum absolute atomic E-state index is 0.337. The van der Waals surface area contributed by atoms with Crippen LogP contribution in [0.1, 0.15) is 13.3 Å². The summed E-state index contributed by atoms with van der Waals surface area (Å²) in [4.78, 5) is 12.3. The minimum atomic E-state index is -3.63. The highest BCUT2D eigenvalue weighted by molar-refractivity contribution is 7.92. The molecular formula is C18H21ClN2O4S. The molecule has 0 unspecified atom stereocenters. The van der Waals surface area contributed by atoms with Gasteiger partial charge >= 0.3 is 0 Å². The fourth-order valence-corrected chi connectivity index (χ4v) is 3.18. The highest BCUT2D eigenvalue weighted by Crippen LogP contribution is 2.22. The summed E-state index contributed by atoms with van der Waals surface area (Å²) >= 11 is 5.81. The van der Waals surface area contributed by atoms with Gasteiger partial charge in [0.1, 0.15) is 12.3 Å². The number of hydrogen-bond donors (Lipinski definition) is 1. The molecule has 1 amide bonds. The van der Waals surface area contributed by atoms with E-state index in [0.29, 0.717) is 28.8 Å². The molecule has 2 rings (SSSR count). The zero-order valence-corrected chi connectivity index (χ0v) is 16.2. The van der Waals surface area contributed by atoms with E-state index in [2.05, 4.69) is 5.32 Å². The second kappa shape index (κ2) is 8.91. The van der Waals surface area contributed by atoms with E-state index in [-0.39, 0.29) is 6.54 Å². The molecule has 6 nitrogen and oxygen atoms in total. The number of sulfonamides is 1. The quantitative estimate of drug-likeness (QED) is 0.740. The number of anilines is 2. The van der Waals surface area contributed by atoms with Crippen LogP contribution in [0.15, 0.2) is 48.5 Å². The Labute approximate surface area is 158 Å². The molecule has 26 heavy (non-hydrogen) atoms. The smallest absolute Gasteiger partial charge is 0.245 e. The third kappa shape index (κ3) is 5.93. The van der Waals surface area contributed by atoms with Gasteiger partial charge in [-0.25, -0.2) is 8.42 Å². The summed E-state index contributed by atoms with van der Waals surface area (Å²) in [6.07, 6.45) is 1.94. The van der Waals surface area contributed by atoms with Gasteiger partial charge in [-0.3, -0.25) is 9.10 Å². The normalized spacial score (nSPS) is 11.0. The first-order chi connectivity index (χ1) is 12.3.